The van der Waals surface area contributed by atoms with E-state index < -0.39 is 0 Å². The molecule has 0 bridgehead atoms. The molecule has 0 unspecified atom stereocenters. The highest BCUT2D eigenvalue weighted by molar-refractivity contribution is 5.46. The van der Waals surface area contributed by atoms with Crippen molar-refractivity contribution in [3.8, 4) is 0 Å². The molecule has 0 atom stereocenters. The van der Waals surface area contributed by atoms with E-state index in [4.69, 9.17) is 10.5 Å². The van der Waals surface area contributed by atoms with E-state index in [9.17, 15) is 4.39 Å². The normalized spacial score (nSPS) is 10.9. The van der Waals surface area contributed by atoms with Crippen molar-refractivity contribution in [3.63, 3.8) is 0 Å². The molecule has 1 aromatic rings. The van der Waals surface area contributed by atoms with Crippen LogP contribution in [0.1, 0.15) is 5.56 Å². The maximum absolute atomic E-state index is 12.8. The largest absolute Gasteiger partial charge is 0.398 e. The summed E-state index contributed by atoms with van der Waals surface area (Å²) in [5, 5.41) is 0. The minimum absolute atomic E-state index is 0.296. The van der Waals surface area contributed by atoms with Gasteiger partial charge in [-0.3, -0.25) is 4.90 Å². The van der Waals surface area contributed by atoms with E-state index in [-0.39, 0.29) is 5.82 Å². The summed E-state index contributed by atoms with van der Waals surface area (Å²) in [7, 11) is 3.64. The molecule has 0 fully saturated rings. The van der Waals surface area contributed by atoms with Gasteiger partial charge in [-0.1, -0.05) is 6.07 Å². The van der Waals surface area contributed by atoms with Gasteiger partial charge in [0.05, 0.1) is 6.61 Å². The number of benzene rings is 1. The van der Waals surface area contributed by atoms with Crippen LogP contribution in [0.15, 0.2) is 18.2 Å². The van der Waals surface area contributed by atoms with Gasteiger partial charge in [0.15, 0.2) is 0 Å². The minimum Gasteiger partial charge on any atom is -0.398 e. The molecule has 0 radical (unpaired) electrons. The van der Waals surface area contributed by atoms with Crippen molar-refractivity contribution in [2.24, 2.45) is 0 Å². The first-order valence-electron chi connectivity index (χ1n) is 4.85. The Bertz CT molecular complexity index is 317. The molecule has 2 N–H and O–H groups in total. The molecule has 4 heteroatoms. The summed E-state index contributed by atoms with van der Waals surface area (Å²) in [4.78, 5) is 2.08. The van der Waals surface area contributed by atoms with Gasteiger partial charge in [0.1, 0.15) is 5.82 Å². The zero-order chi connectivity index (χ0) is 11.3. The maximum Gasteiger partial charge on any atom is 0.125 e. The van der Waals surface area contributed by atoms with Crippen LogP contribution in [0, 0.1) is 5.82 Å². The number of likely N-dealkylation sites (N-methyl/N-ethyl adjacent to an activating group) is 1. The van der Waals surface area contributed by atoms with Crippen molar-refractivity contribution >= 4 is 5.69 Å². The highest BCUT2D eigenvalue weighted by atomic mass is 19.1. The van der Waals surface area contributed by atoms with Crippen LogP contribution in [-0.4, -0.2) is 32.2 Å². The standard InChI is InChI=1S/C11H17FN2O/c1-14(5-6-15-2)8-9-3-4-10(12)7-11(9)13/h3-4,7H,5-6,8,13H2,1-2H3. The third-order valence-corrected chi connectivity index (χ3v) is 2.23. The molecule has 0 saturated heterocycles. The molecule has 0 aromatic heterocycles. The average molecular weight is 212 g/mol. The predicted molar refractivity (Wildman–Crippen MR) is 59.0 cm³/mol. The summed E-state index contributed by atoms with van der Waals surface area (Å²) in [6.45, 7) is 2.21. The quantitative estimate of drug-likeness (QED) is 0.751. The molecule has 84 valence electrons. The number of nitrogens with two attached hydrogens (primary N) is 1. The average Bonchev–Trinajstić information content (AvgIpc) is 2.19. The second kappa shape index (κ2) is 5.68. The molecule has 0 aliphatic heterocycles. The summed E-state index contributed by atoms with van der Waals surface area (Å²) in [5.41, 5.74) is 7.14. The summed E-state index contributed by atoms with van der Waals surface area (Å²) >= 11 is 0. The molecule has 1 aromatic carbocycles. The zero-order valence-corrected chi connectivity index (χ0v) is 9.16. The molecular formula is C11H17FN2O. The SMILES string of the molecule is COCCN(C)Cc1ccc(F)cc1N. The lowest BCUT2D eigenvalue weighted by atomic mass is 10.1. The van der Waals surface area contributed by atoms with E-state index >= 15 is 0 Å². The van der Waals surface area contributed by atoms with Gasteiger partial charge in [-0.05, 0) is 24.7 Å². The van der Waals surface area contributed by atoms with E-state index in [2.05, 4.69) is 4.90 Å². The van der Waals surface area contributed by atoms with Crippen molar-refractivity contribution in [2.45, 2.75) is 6.54 Å². The highest BCUT2D eigenvalue weighted by Gasteiger charge is 2.04. The van der Waals surface area contributed by atoms with E-state index in [1.807, 2.05) is 7.05 Å². The van der Waals surface area contributed by atoms with Crippen molar-refractivity contribution in [3.05, 3.63) is 29.6 Å². The third-order valence-electron chi connectivity index (χ3n) is 2.23. The molecule has 0 spiro atoms. The Kier molecular flexibility index (Phi) is 4.52. The Morgan fingerprint density at radius 2 is 2.20 bits per heavy atom. The summed E-state index contributed by atoms with van der Waals surface area (Å²) in [6, 6.07) is 4.49. The smallest absolute Gasteiger partial charge is 0.125 e. The van der Waals surface area contributed by atoms with Crippen LogP contribution < -0.4 is 5.73 Å². The second-order valence-electron chi connectivity index (χ2n) is 3.57. The number of hydrogen-bond acceptors (Lipinski definition) is 3. The number of anilines is 1. The van der Waals surface area contributed by atoms with E-state index in [0.29, 0.717) is 18.8 Å². The first kappa shape index (κ1) is 11.9. The Morgan fingerprint density at radius 1 is 1.47 bits per heavy atom. The number of halogens is 1. The fourth-order valence-electron chi connectivity index (χ4n) is 1.33. The van der Waals surface area contributed by atoms with Gasteiger partial charge in [-0.15, -0.1) is 0 Å². The highest BCUT2D eigenvalue weighted by Crippen LogP contribution is 2.14. The predicted octanol–water partition coefficient (Wildman–Crippen LogP) is 1.49. The van der Waals surface area contributed by atoms with Crippen molar-refractivity contribution in [1.82, 2.24) is 4.90 Å². The molecular weight excluding hydrogens is 195 g/mol. The van der Waals surface area contributed by atoms with Crippen LogP contribution in [0.2, 0.25) is 0 Å². The summed E-state index contributed by atoms with van der Waals surface area (Å²) < 4.78 is 17.7. The lowest BCUT2D eigenvalue weighted by Gasteiger charge is -2.17. The Hall–Kier alpha value is -1.13. The Morgan fingerprint density at radius 3 is 2.80 bits per heavy atom. The van der Waals surface area contributed by atoms with Gasteiger partial charge in [-0.25, -0.2) is 4.39 Å². The second-order valence-corrected chi connectivity index (χ2v) is 3.57. The molecule has 0 heterocycles. The lowest BCUT2D eigenvalue weighted by molar-refractivity contribution is 0.158. The van der Waals surface area contributed by atoms with Crippen LogP contribution in [0.3, 0.4) is 0 Å². The molecule has 0 aliphatic rings. The zero-order valence-electron chi connectivity index (χ0n) is 9.16. The lowest BCUT2D eigenvalue weighted by Crippen LogP contribution is -2.22. The number of methoxy groups -OCH3 is 1. The van der Waals surface area contributed by atoms with Crippen molar-refractivity contribution < 1.29 is 9.13 Å². The first-order valence-corrected chi connectivity index (χ1v) is 4.85. The topological polar surface area (TPSA) is 38.5 Å². The van der Waals surface area contributed by atoms with Crippen LogP contribution >= 0.6 is 0 Å². The molecule has 0 amide bonds. The van der Waals surface area contributed by atoms with E-state index in [1.165, 1.54) is 12.1 Å². The molecule has 0 saturated carbocycles. The molecule has 1 rings (SSSR count). The van der Waals surface area contributed by atoms with Gasteiger partial charge in [-0.2, -0.15) is 0 Å². The first-order chi connectivity index (χ1) is 7.13. The van der Waals surface area contributed by atoms with Crippen molar-refractivity contribution in [1.29, 1.82) is 0 Å². The minimum atomic E-state index is -0.296. The fourth-order valence-corrected chi connectivity index (χ4v) is 1.33. The maximum atomic E-state index is 12.8. The number of nitrogens with zero attached hydrogens (tertiary/aromatic N) is 1. The van der Waals surface area contributed by atoms with Gasteiger partial charge < -0.3 is 10.5 Å². The van der Waals surface area contributed by atoms with Crippen LogP contribution in [-0.2, 0) is 11.3 Å². The Balaban J connectivity index is 2.56. The number of rotatable bonds is 5. The fraction of sp³-hybridized carbons (Fsp3) is 0.455. The summed E-state index contributed by atoms with van der Waals surface area (Å²) in [6.07, 6.45) is 0. The van der Waals surface area contributed by atoms with Crippen molar-refractivity contribution in [2.75, 3.05) is 33.0 Å². The molecule has 3 nitrogen and oxygen atoms in total. The number of hydrogen-bond donors (Lipinski definition) is 1. The molecule has 15 heavy (non-hydrogen) atoms. The number of ether oxygens (including phenoxy) is 1. The van der Waals surface area contributed by atoms with Gasteiger partial charge >= 0.3 is 0 Å². The van der Waals surface area contributed by atoms with E-state index in [1.54, 1.807) is 13.2 Å². The monoisotopic (exact) mass is 212 g/mol. The van der Waals surface area contributed by atoms with E-state index in [0.717, 1.165) is 12.1 Å². The van der Waals surface area contributed by atoms with Crippen LogP contribution in [0.5, 0.6) is 0 Å². The van der Waals surface area contributed by atoms with Gasteiger partial charge in [0.25, 0.3) is 0 Å². The van der Waals surface area contributed by atoms with Crippen LogP contribution in [0.25, 0.3) is 0 Å². The number of nitrogen functional groups attached to an aromatic ring is 1. The molecule has 0 aliphatic carbocycles. The Labute approximate surface area is 89.6 Å². The summed E-state index contributed by atoms with van der Waals surface area (Å²) in [5.74, 6) is -0.296. The van der Waals surface area contributed by atoms with Gasteiger partial charge in [0, 0.05) is 25.9 Å². The van der Waals surface area contributed by atoms with Crippen LogP contribution in [0.4, 0.5) is 10.1 Å². The van der Waals surface area contributed by atoms with Gasteiger partial charge in [0.2, 0.25) is 0 Å². The third kappa shape index (κ3) is 3.85.